The van der Waals surface area contributed by atoms with E-state index in [1.54, 1.807) is 12.4 Å². The molecule has 0 unspecified atom stereocenters. The fraction of sp³-hybridized carbons (Fsp3) is 0. The van der Waals surface area contributed by atoms with Gasteiger partial charge in [0, 0.05) is 18.0 Å². The maximum absolute atomic E-state index is 4.31. The van der Waals surface area contributed by atoms with Crippen LogP contribution in [0.3, 0.4) is 0 Å². The van der Waals surface area contributed by atoms with Gasteiger partial charge in [0.15, 0.2) is 5.82 Å². The third kappa shape index (κ3) is 1.82. The highest BCUT2D eigenvalue weighted by molar-refractivity contribution is 5.99. The van der Waals surface area contributed by atoms with Gasteiger partial charge in [-0.3, -0.25) is 0 Å². The molecule has 0 aliphatic rings. The Labute approximate surface area is 116 Å². The molecule has 1 heterocycles. The molecule has 0 amide bonds. The van der Waals surface area contributed by atoms with Crippen molar-refractivity contribution in [2.45, 2.75) is 0 Å². The van der Waals surface area contributed by atoms with Crippen molar-refractivity contribution in [3.63, 3.8) is 0 Å². The highest BCUT2D eigenvalue weighted by Crippen LogP contribution is 2.26. The summed E-state index contributed by atoms with van der Waals surface area (Å²) in [7, 11) is 0. The van der Waals surface area contributed by atoms with E-state index >= 15 is 0 Å². The van der Waals surface area contributed by atoms with Crippen LogP contribution in [0.4, 0.5) is 0 Å². The number of nitrogens with zero attached hydrogens (tertiary/aromatic N) is 2. The Morgan fingerprint density at radius 2 is 1.20 bits per heavy atom. The van der Waals surface area contributed by atoms with Gasteiger partial charge in [0.2, 0.25) is 0 Å². The molecule has 0 saturated carbocycles. The molecule has 4 rings (SSSR count). The molecule has 4 aromatic rings. The van der Waals surface area contributed by atoms with Crippen molar-refractivity contribution in [2.75, 3.05) is 0 Å². The summed E-state index contributed by atoms with van der Waals surface area (Å²) in [6.07, 6.45) is 3.54. The van der Waals surface area contributed by atoms with Crippen LogP contribution in [0.5, 0.6) is 0 Å². The topological polar surface area (TPSA) is 25.8 Å². The van der Waals surface area contributed by atoms with E-state index in [1.165, 1.54) is 21.5 Å². The van der Waals surface area contributed by atoms with Crippen LogP contribution < -0.4 is 0 Å². The van der Waals surface area contributed by atoms with Crippen molar-refractivity contribution in [1.29, 1.82) is 0 Å². The standard InChI is InChI=1S/C18H12N2/c1-2-5-14-11-17-12-16(18-19-8-3-9-20-18)7-6-15(17)10-13(14)4-1/h1-12H. The van der Waals surface area contributed by atoms with Gasteiger partial charge in [0.1, 0.15) is 0 Å². The predicted molar refractivity (Wildman–Crippen MR) is 82.5 cm³/mol. The number of hydrogen-bond donors (Lipinski definition) is 0. The van der Waals surface area contributed by atoms with E-state index in [4.69, 9.17) is 0 Å². The van der Waals surface area contributed by atoms with Gasteiger partial charge in [-0.1, -0.05) is 36.4 Å². The summed E-state index contributed by atoms with van der Waals surface area (Å²) < 4.78 is 0. The Morgan fingerprint density at radius 1 is 0.550 bits per heavy atom. The van der Waals surface area contributed by atoms with E-state index in [0.717, 1.165) is 11.4 Å². The molecule has 0 bridgehead atoms. The Balaban J connectivity index is 1.97. The maximum atomic E-state index is 4.31. The van der Waals surface area contributed by atoms with E-state index in [1.807, 2.05) is 6.07 Å². The molecule has 3 aromatic carbocycles. The van der Waals surface area contributed by atoms with Gasteiger partial charge in [-0.25, -0.2) is 9.97 Å². The number of fused-ring (bicyclic) bond motifs is 2. The number of aromatic nitrogens is 2. The lowest BCUT2D eigenvalue weighted by Gasteiger charge is -2.05. The summed E-state index contributed by atoms with van der Waals surface area (Å²) in [4.78, 5) is 8.61. The van der Waals surface area contributed by atoms with Crippen LogP contribution in [0, 0.1) is 0 Å². The molecule has 0 aliphatic heterocycles. The van der Waals surface area contributed by atoms with Crippen LogP contribution in [0.15, 0.2) is 73.1 Å². The third-order valence-electron chi connectivity index (χ3n) is 3.53. The average molecular weight is 256 g/mol. The summed E-state index contributed by atoms with van der Waals surface area (Å²) in [5.74, 6) is 0.766. The molecule has 2 nitrogen and oxygen atoms in total. The summed E-state index contributed by atoms with van der Waals surface area (Å²) in [5.41, 5.74) is 1.05. The minimum atomic E-state index is 0.766. The van der Waals surface area contributed by atoms with E-state index in [9.17, 15) is 0 Å². The molecular weight excluding hydrogens is 244 g/mol. The lowest BCUT2D eigenvalue weighted by atomic mass is 10.0. The van der Waals surface area contributed by atoms with Crippen molar-refractivity contribution in [1.82, 2.24) is 9.97 Å². The van der Waals surface area contributed by atoms with Gasteiger partial charge in [0.05, 0.1) is 0 Å². The second-order valence-corrected chi connectivity index (χ2v) is 4.83. The Morgan fingerprint density at radius 3 is 1.95 bits per heavy atom. The summed E-state index contributed by atoms with van der Waals surface area (Å²) in [6.45, 7) is 0. The monoisotopic (exact) mass is 256 g/mol. The summed E-state index contributed by atoms with van der Waals surface area (Å²) >= 11 is 0. The lowest BCUT2D eigenvalue weighted by molar-refractivity contribution is 1.18. The molecule has 0 N–H and O–H groups in total. The second kappa shape index (κ2) is 4.42. The molecule has 0 spiro atoms. The highest BCUT2D eigenvalue weighted by atomic mass is 14.8. The third-order valence-corrected chi connectivity index (χ3v) is 3.53. The van der Waals surface area contributed by atoms with Gasteiger partial charge < -0.3 is 0 Å². The first-order valence-electron chi connectivity index (χ1n) is 6.60. The fourth-order valence-corrected chi connectivity index (χ4v) is 2.53. The van der Waals surface area contributed by atoms with Crippen LogP contribution in [-0.4, -0.2) is 9.97 Å². The average Bonchev–Trinajstić information content (AvgIpc) is 2.53. The first-order chi connectivity index (χ1) is 9.90. The molecule has 1 aromatic heterocycles. The van der Waals surface area contributed by atoms with E-state index in [0.29, 0.717) is 0 Å². The zero-order valence-electron chi connectivity index (χ0n) is 10.8. The minimum Gasteiger partial charge on any atom is -0.237 e. The van der Waals surface area contributed by atoms with Crippen molar-refractivity contribution < 1.29 is 0 Å². The number of rotatable bonds is 1. The van der Waals surface area contributed by atoms with Crippen molar-refractivity contribution in [3.8, 4) is 11.4 Å². The van der Waals surface area contributed by atoms with Crippen LogP contribution in [-0.2, 0) is 0 Å². The van der Waals surface area contributed by atoms with Gasteiger partial charge in [0.25, 0.3) is 0 Å². The molecule has 0 aliphatic carbocycles. The normalized spacial score (nSPS) is 11.0. The van der Waals surface area contributed by atoms with E-state index in [2.05, 4.69) is 64.6 Å². The second-order valence-electron chi connectivity index (χ2n) is 4.83. The summed E-state index contributed by atoms with van der Waals surface area (Å²) in [6, 6.07) is 21.1. The molecule has 0 fully saturated rings. The van der Waals surface area contributed by atoms with Gasteiger partial charge in [-0.15, -0.1) is 0 Å². The SMILES string of the molecule is c1cnc(-c2ccc3cc4ccccc4cc3c2)nc1. The molecule has 94 valence electrons. The molecule has 0 radical (unpaired) electrons. The Hall–Kier alpha value is -2.74. The predicted octanol–water partition coefficient (Wildman–Crippen LogP) is 4.45. The first-order valence-corrected chi connectivity index (χ1v) is 6.60. The van der Waals surface area contributed by atoms with Gasteiger partial charge >= 0.3 is 0 Å². The van der Waals surface area contributed by atoms with Crippen LogP contribution in [0.1, 0.15) is 0 Å². The van der Waals surface area contributed by atoms with Crippen molar-refractivity contribution >= 4 is 21.5 Å². The van der Waals surface area contributed by atoms with Crippen LogP contribution in [0.2, 0.25) is 0 Å². The van der Waals surface area contributed by atoms with Gasteiger partial charge in [-0.05, 0) is 45.8 Å². The Bertz CT molecular complexity index is 899. The highest BCUT2D eigenvalue weighted by Gasteiger charge is 2.03. The molecule has 0 saturated heterocycles. The van der Waals surface area contributed by atoms with E-state index in [-0.39, 0.29) is 0 Å². The largest absolute Gasteiger partial charge is 0.237 e. The van der Waals surface area contributed by atoms with Crippen molar-refractivity contribution in [2.24, 2.45) is 0 Å². The first kappa shape index (κ1) is 11.1. The molecular formula is C18H12N2. The molecule has 20 heavy (non-hydrogen) atoms. The Kier molecular flexibility index (Phi) is 2.46. The van der Waals surface area contributed by atoms with Crippen LogP contribution >= 0.6 is 0 Å². The number of benzene rings is 3. The molecule has 0 atom stereocenters. The zero-order chi connectivity index (χ0) is 13.4. The minimum absolute atomic E-state index is 0.766. The quantitative estimate of drug-likeness (QED) is 0.470. The van der Waals surface area contributed by atoms with E-state index < -0.39 is 0 Å². The molecule has 2 heteroatoms. The van der Waals surface area contributed by atoms with Gasteiger partial charge in [-0.2, -0.15) is 0 Å². The summed E-state index contributed by atoms with van der Waals surface area (Å²) in [5, 5.41) is 4.98. The smallest absolute Gasteiger partial charge is 0.159 e. The van der Waals surface area contributed by atoms with Crippen LogP contribution in [0.25, 0.3) is 32.9 Å². The zero-order valence-corrected chi connectivity index (χ0v) is 10.8. The fourth-order valence-electron chi connectivity index (χ4n) is 2.53. The maximum Gasteiger partial charge on any atom is 0.159 e. The van der Waals surface area contributed by atoms with Crippen molar-refractivity contribution in [3.05, 3.63) is 73.1 Å². The lowest BCUT2D eigenvalue weighted by Crippen LogP contribution is -1.86. The number of hydrogen-bond acceptors (Lipinski definition) is 2.